The highest BCUT2D eigenvalue weighted by Gasteiger charge is 2.26. The van der Waals surface area contributed by atoms with Gasteiger partial charge in [-0.25, -0.2) is 4.68 Å². The molecule has 1 aliphatic carbocycles. The van der Waals surface area contributed by atoms with Crippen molar-refractivity contribution in [2.24, 2.45) is 0 Å². The number of nitrogens with zero attached hydrogens (tertiary/aromatic N) is 3. The van der Waals surface area contributed by atoms with Crippen molar-refractivity contribution in [1.29, 1.82) is 0 Å². The Labute approximate surface area is 150 Å². The van der Waals surface area contributed by atoms with Crippen molar-refractivity contribution in [2.75, 3.05) is 11.9 Å². The topological polar surface area (TPSA) is 118 Å². The lowest BCUT2D eigenvalue weighted by Gasteiger charge is -2.08. The van der Waals surface area contributed by atoms with E-state index in [0.717, 1.165) is 18.5 Å². The number of carbonyl (C=O) groups is 3. The third kappa shape index (κ3) is 4.24. The van der Waals surface area contributed by atoms with Gasteiger partial charge < -0.3 is 16.0 Å². The summed E-state index contributed by atoms with van der Waals surface area (Å²) in [5, 5.41) is 16.0. The maximum Gasteiger partial charge on any atom is 0.273 e. The van der Waals surface area contributed by atoms with Crippen molar-refractivity contribution in [3.05, 3.63) is 35.7 Å². The van der Waals surface area contributed by atoms with Crippen molar-refractivity contribution < 1.29 is 14.4 Å². The summed E-state index contributed by atoms with van der Waals surface area (Å²) < 4.78 is 1.57. The van der Waals surface area contributed by atoms with Crippen molar-refractivity contribution >= 4 is 23.4 Å². The normalized spacial score (nSPS) is 13.2. The standard InChI is InChI=1S/C17H20N6O3/c1-10-16(17(26)20-13-3-4-13)21-22-23(10)14-7-5-12(6-8-14)19-15(25)9-18-11(2)24/h5-8,13H,3-4,9H2,1-2H3,(H,18,24)(H,19,25)(H,20,26). The van der Waals surface area contributed by atoms with Gasteiger partial charge in [0.05, 0.1) is 17.9 Å². The molecule has 1 heterocycles. The van der Waals surface area contributed by atoms with Crippen LogP contribution in [-0.4, -0.2) is 45.3 Å². The van der Waals surface area contributed by atoms with E-state index in [1.165, 1.54) is 6.92 Å². The first-order valence-electron chi connectivity index (χ1n) is 8.32. The van der Waals surface area contributed by atoms with E-state index >= 15 is 0 Å². The number of amides is 3. The Morgan fingerprint density at radius 2 is 1.88 bits per heavy atom. The molecule has 1 saturated carbocycles. The van der Waals surface area contributed by atoms with Crippen LogP contribution >= 0.6 is 0 Å². The van der Waals surface area contributed by atoms with Crippen molar-refractivity contribution in [1.82, 2.24) is 25.6 Å². The number of rotatable bonds is 6. The van der Waals surface area contributed by atoms with Gasteiger partial charge in [-0.05, 0) is 44.0 Å². The largest absolute Gasteiger partial charge is 0.348 e. The van der Waals surface area contributed by atoms with Gasteiger partial charge in [0.1, 0.15) is 0 Å². The van der Waals surface area contributed by atoms with Crippen LogP contribution in [0.5, 0.6) is 0 Å². The van der Waals surface area contributed by atoms with Gasteiger partial charge in [0, 0.05) is 18.7 Å². The molecule has 3 N–H and O–H groups in total. The van der Waals surface area contributed by atoms with E-state index in [0.29, 0.717) is 17.1 Å². The first kappa shape index (κ1) is 17.6. The Bertz CT molecular complexity index is 839. The fourth-order valence-electron chi connectivity index (χ4n) is 2.36. The fraction of sp³-hybridized carbons (Fsp3) is 0.353. The minimum Gasteiger partial charge on any atom is -0.348 e. The number of hydrogen-bond donors (Lipinski definition) is 3. The fourth-order valence-corrected chi connectivity index (χ4v) is 2.36. The van der Waals surface area contributed by atoms with E-state index in [1.807, 2.05) is 0 Å². The van der Waals surface area contributed by atoms with Crippen LogP contribution in [-0.2, 0) is 9.59 Å². The summed E-state index contributed by atoms with van der Waals surface area (Å²) in [6.07, 6.45) is 2.02. The Balaban J connectivity index is 1.66. The predicted octanol–water partition coefficient (Wildman–Crippen LogP) is 0.543. The molecular weight excluding hydrogens is 336 g/mol. The summed E-state index contributed by atoms with van der Waals surface area (Å²) in [5.41, 5.74) is 2.27. The molecule has 9 nitrogen and oxygen atoms in total. The SMILES string of the molecule is CC(=O)NCC(=O)Nc1ccc(-n2nnc(C(=O)NC3CC3)c2C)cc1. The third-order valence-electron chi connectivity index (χ3n) is 3.92. The van der Waals surface area contributed by atoms with E-state index in [-0.39, 0.29) is 30.3 Å². The van der Waals surface area contributed by atoms with Gasteiger partial charge in [-0.3, -0.25) is 14.4 Å². The van der Waals surface area contributed by atoms with Crippen molar-refractivity contribution in [3.63, 3.8) is 0 Å². The monoisotopic (exact) mass is 356 g/mol. The van der Waals surface area contributed by atoms with Gasteiger partial charge in [0.25, 0.3) is 5.91 Å². The number of carbonyl (C=O) groups excluding carboxylic acids is 3. The molecule has 0 unspecified atom stereocenters. The van der Waals surface area contributed by atoms with Gasteiger partial charge in [-0.1, -0.05) is 5.21 Å². The van der Waals surface area contributed by atoms with Crippen molar-refractivity contribution in [3.8, 4) is 5.69 Å². The van der Waals surface area contributed by atoms with Gasteiger partial charge >= 0.3 is 0 Å². The quantitative estimate of drug-likeness (QED) is 0.698. The van der Waals surface area contributed by atoms with E-state index < -0.39 is 0 Å². The molecule has 0 radical (unpaired) electrons. The molecule has 0 saturated heterocycles. The predicted molar refractivity (Wildman–Crippen MR) is 93.9 cm³/mol. The van der Waals surface area contributed by atoms with Gasteiger partial charge in [-0.2, -0.15) is 0 Å². The average molecular weight is 356 g/mol. The first-order valence-corrected chi connectivity index (χ1v) is 8.32. The van der Waals surface area contributed by atoms with Crippen LogP contribution in [0.25, 0.3) is 5.69 Å². The van der Waals surface area contributed by atoms with Gasteiger partial charge in [0.2, 0.25) is 11.8 Å². The Morgan fingerprint density at radius 1 is 1.19 bits per heavy atom. The summed E-state index contributed by atoms with van der Waals surface area (Å²) in [5.74, 6) is -0.791. The Kier molecular flexibility index (Phi) is 4.97. The zero-order valence-corrected chi connectivity index (χ0v) is 14.6. The maximum absolute atomic E-state index is 12.1. The third-order valence-corrected chi connectivity index (χ3v) is 3.92. The average Bonchev–Trinajstić information content (AvgIpc) is 3.33. The molecule has 1 aliphatic rings. The minimum absolute atomic E-state index is 0.0846. The molecule has 1 fully saturated rings. The molecule has 26 heavy (non-hydrogen) atoms. The Hall–Kier alpha value is -3.23. The lowest BCUT2D eigenvalue weighted by Crippen LogP contribution is -2.31. The molecule has 3 rings (SSSR count). The highest BCUT2D eigenvalue weighted by molar-refractivity contribution is 5.94. The maximum atomic E-state index is 12.1. The molecular formula is C17H20N6O3. The lowest BCUT2D eigenvalue weighted by molar-refractivity contribution is -0.122. The lowest BCUT2D eigenvalue weighted by atomic mass is 10.2. The van der Waals surface area contributed by atoms with Crippen molar-refractivity contribution in [2.45, 2.75) is 32.7 Å². The molecule has 0 bridgehead atoms. The number of benzene rings is 1. The van der Waals surface area contributed by atoms with Gasteiger partial charge in [-0.15, -0.1) is 5.10 Å². The van der Waals surface area contributed by atoms with Crippen LogP contribution < -0.4 is 16.0 Å². The van der Waals surface area contributed by atoms with Gasteiger partial charge in [0.15, 0.2) is 5.69 Å². The molecule has 1 aromatic heterocycles. The number of anilines is 1. The van der Waals surface area contributed by atoms with Crippen LogP contribution in [0.3, 0.4) is 0 Å². The minimum atomic E-state index is -0.316. The smallest absolute Gasteiger partial charge is 0.273 e. The van der Waals surface area contributed by atoms with Crippen LogP contribution in [0, 0.1) is 6.92 Å². The summed E-state index contributed by atoms with van der Waals surface area (Å²) in [7, 11) is 0. The highest BCUT2D eigenvalue weighted by atomic mass is 16.2. The second-order valence-corrected chi connectivity index (χ2v) is 6.19. The molecule has 0 aliphatic heterocycles. The molecule has 1 aromatic carbocycles. The van der Waals surface area contributed by atoms with E-state index in [1.54, 1.807) is 35.9 Å². The molecule has 3 amide bonds. The van der Waals surface area contributed by atoms with Crippen LogP contribution in [0.2, 0.25) is 0 Å². The molecule has 136 valence electrons. The first-order chi connectivity index (χ1) is 12.4. The summed E-state index contributed by atoms with van der Waals surface area (Å²) in [4.78, 5) is 34.7. The second kappa shape index (κ2) is 7.34. The van der Waals surface area contributed by atoms with E-state index in [2.05, 4.69) is 26.3 Å². The summed E-state index contributed by atoms with van der Waals surface area (Å²) in [6, 6.07) is 7.21. The molecule has 0 spiro atoms. The van der Waals surface area contributed by atoms with Crippen LogP contribution in [0.4, 0.5) is 5.69 Å². The molecule has 9 heteroatoms. The summed E-state index contributed by atoms with van der Waals surface area (Å²) in [6.45, 7) is 3.05. The number of nitrogens with one attached hydrogen (secondary N) is 3. The van der Waals surface area contributed by atoms with Crippen LogP contribution in [0.1, 0.15) is 35.9 Å². The number of hydrogen-bond acceptors (Lipinski definition) is 5. The molecule has 2 aromatic rings. The summed E-state index contributed by atoms with van der Waals surface area (Å²) >= 11 is 0. The Morgan fingerprint density at radius 3 is 2.50 bits per heavy atom. The molecule has 0 atom stereocenters. The second-order valence-electron chi connectivity index (χ2n) is 6.19. The zero-order valence-electron chi connectivity index (χ0n) is 14.6. The van der Waals surface area contributed by atoms with E-state index in [4.69, 9.17) is 0 Å². The van der Waals surface area contributed by atoms with E-state index in [9.17, 15) is 14.4 Å². The zero-order chi connectivity index (χ0) is 18.7. The number of aromatic nitrogens is 3. The van der Waals surface area contributed by atoms with Crippen LogP contribution in [0.15, 0.2) is 24.3 Å². The highest BCUT2D eigenvalue weighted by Crippen LogP contribution is 2.20.